The summed E-state index contributed by atoms with van der Waals surface area (Å²) in [5.41, 5.74) is 7.76. The highest BCUT2D eigenvalue weighted by atomic mass is 14.6. The zero-order chi connectivity index (χ0) is 12.3. The zero-order valence-electron chi connectivity index (χ0n) is 11.0. The van der Waals surface area contributed by atoms with Crippen molar-refractivity contribution in [3.8, 4) is 0 Å². The second-order valence-electron chi connectivity index (χ2n) is 6.23. The SMILES string of the molecule is CC1(C)CCC(CN)C(Cc2cccnc2)C1. The fraction of sp³-hybridized carbons (Fsp3) is 0.667. The Kier molecular flexibility index (Phi) is 3.82. The van der Waals surface area contributed by atoms with Gasteiger partial charge in [-0.25, -0.2) is 0 Å². The summed E-state index contributed by atoms with van der Waals surface area (Å²) in [6.45, 7) is 5.60. The Bertz CT molecular complexity index is 345. The van der Waals surface area contributed by atoms with E-state index >= 15 is 0 Å². The second-order valence-corrected chi connectivity index (χ2v) is 6.23. The summed E-state index contributed by atoms with van der Waals surface area (Å²) in [6.07, 6.45) is 8.87. The monoisotopic (exact) mass is 232 g/mol. The number of rotatable bonds is 3. The van der Waals surface area contributed by atoms with E-state index in [0.717, 1.165) is 18.9 Å². The fourth-order valence-electron chi connectivity index (χ4n) is 3.16. The maximum Gasteiger partial charge on any atom is 0.0299 e. The maximum absolute atomic E-state index is 5.92. The lowest BCUT2D eigenvalue weighted by Crippen LogP contribution is -2.35. The van der Waals surface area contributed by atoms with Crippen LogP contribution in [0, 0.1) is 17.3 Å². The van der Waals surface area contributed by atoms with Gasteiger partial charge in [0.05, 0.1) is 0 Å². The molecular formula is C15H24N2. The van der Waals surface area contributed by atoms with Crippen molar-refractivity contribution in [1.82, 2.24) is 4.98 Å². The van der Waals surface area contributed by atoms with Crippen molar-refractivity contribution in [1.29, 1.82) is 0 Å². The van der Waals surface area contributed by atoms with Gasteiger partial charge in [-0.1, -0.05) is 19.9 Å². The first-order chi connectivity index (χ1) is 8.11. The summed E-state index contributed by atoms with van der Waals surface area (Å²) < 4.78 is 0. The van der Waals surface area contributed by atoms with Gasteiger partial charge in [0.15, 0.2) is 0 Å². The molecule has 2 N–H and O–H groups in total. The number of pyridine rings is 1. The fourth-order valence-corrected chi connectivity index (χ4v) is 3.16. The molecule has 1 aromatic heterocycles. The summed E-state index contributed by atoms with van der Waals surface area (Å²) in [5, 5.41) is 0. The molecule has 94 valence electrons. The number of aromatic nitrogens is 1. The van der Waals surface area contributed by atoms with Crippen LogP contribution in [-0.4, -0.2) is 11.5 Å². The van der Waals surface area contributed by atoms with E-state index in [2.05, 4.69) is 24.9 Å². The molecule has 17 heavy (non-hydrogen) atoms. The van der Waals surface area contributed by atoms with E-state index in [4.69, 9.17) is 5.73 Å². The van der Waals surface area contributed by atoms with E-state index in [1.807, 2.05) is 18.5 Å². The van der Waals surface area contributed by atoms with Crippen LogP contribution in [0.25, 0.3) is 0 Å². The van der Waals surface area contributed by atoms with Crippen molar-refractivity contribution in [2.75, 3.05) is 6.54 Å². The molecule has 1 heterocycles. The van der Waals surface area contributed by atoms with Gasteiger partial charge >= 0.3 is 0 Å². The quantitative estimate of drug-likeness (QED) is 0.870. The van der Waals surface area contributed by atoms with Gasteiger partial charge in [-0.05, 0) is 61.1 Å². The Balaban J connectivity index is 2.06. The molecule has 0 aliphatic heterocycles. The van der Waals surface area contributed by atoms with E-state index in [1.165, 1.54) is 24.8 Å². The Morgan fingerprint density at radius 1 is 1.41 bits per heavy atom. The van der Waals surface area contributed by atoms with Crippen LogP contribution < -0.4 is 5.73 Å². The molecule has 1 aliphatic carbocycles. The summed E-state index contributed by atoms with van der Waals surface area (Å²) in [5.74, 6) is 1.43. The van der Waals surface area contributed by atoms with Gasteiger partial charge in [0.1, 0.15) is 0 Å². The van der Waals surface area contributed by atoms with Gasteiger partial charge < -0.3 is 5.73 Å². The van der Waals surface area contributed by atoms with E-state index in [0.29, 0.717) is 11.3 Å². The molecular weight excluding hydrogens is 208 g/mol. The van der Waals surface area contributed by atoms with Crippen molar-refractivity contribution in [2.24, 2.45) is 23.0 Å². The topological polar surface area (TPSA) is 38.9 Å². The summed E-state index contributed by atoms with van der Waals surface area (Å²) >= 11 is 0. The molecule has 0 spiro atoms. The highest BCUT2D eigenvalue weighted by Crippen LogP contribution is 2.42. The average molecular weight is 232 g/mol. The van der Waals surface area contributed by atoms with E-state index < -0.39 is 0 Å². The summed E-state index contributed by atoms with van der Waals surface area (Å²) in [4.78, 5) is 4.21. The Morgan fingerprint density at radius 3 is 2.88 bits per heavy atom. The largest absolute Gasteiger partial charge is 0.330 e. The molecule has 1 aliphatic rings. The predicted octanol–water partition coefficient (Wildman–Crippen LogP) is 3.03. The normalized spacial score (nSPS) is 27.9. The molecule has 2 heteroatoms. The van der Waals surface area contributed by atoms with Crippen LogP contribution in [0.3, 0.4) is 0 Å². The van der Waals surface area contributed by atoms with Crippen LogP contribution in [0.2, 0.25) is 0 Å². The Labute approximate surface area is 105 Å². The molecule has 0 aromatic carbocycles. The number of hydrogen-bond donors (Lipinski definition) is 1. The molecule has 0 saturated heterocycles. The smallest absolute Gasteiger partial charge is 0.0299 e. The number of nitrogens with zero attached hydrogens (tertiary/aromatic N) is 1. The van der Waals surface area contributed by atoms with Gasteiger partial charge in [-0.15, -0.1) is 0 Å². The molecule has 0 bridgehead atoms. The lowest BCUT2D eigenvalue weighted by molar-refractivity contribution is 0.121. The minimum absolute atomic E-state index is 0.485. The van der Waals surface area contributed by atoms with Crippen molar-refractivity contribution in [3.05, 3.63) is 30.1 Å². The lowest BCUT2D eigenvalue weighted by Gasteiger charge is -2.40. The lowest BCUT2D eigenvalue weighted by atomic mass is 9.65. The third kappa shape index (κ3) is 3.29. The third-order valence-corrected chi connectivity index (χ3v) is 4.20. The van der Waals surface area contributed by atoms with E-state index in [1.54, 1.807) is 0 Å². The van der Waals surface area contributed by atoms with Crippen LogP contribution in [0.15, 0.2) is 24.5 Å². The average Bonchev–Trinajstić information content (AvgIpc) is 2.30. The van der Waals surface area contributed by atoms with Gasteiger partial charge in [0, 0.05) is 12.4 Å². The molecule has 2 nitrogen and oxygen atoms in total. The first kappa shape index (κ1) is 12.6. The van der Waals surface area contributed by atoms with Gasteiger partial charge in [-0.2, -0.15) is 0 Å². The molecule has 1 fully saturated rings. The Morgan fingerprint density at radius 2 is 2.24 bits per heavy atom. The van der Waals surface area contributed by atoms with Gasteiger partial charge in [0.25, 0.3) is 0 Å². The molecule has 0 radical (unpaired) electrons. The van der Waals surface area contributed by atoms with E-state index in [9.17, 15) is 0 Å². The summed E-state index contributed by atoms with van der Waals surface area (Å²) in [7, 11) is 0. The van der Waals surface area contributed by atoms with Crippen LogP contribution in [0.5, 0.6) is 0 Å². The number of hydrogen-bond acceptors (Lipinski definition) is 2. The molecule has 2 atom stereocenters. The van der Waals surface area contributed by atoms with Gasteiger partial charge in [-0.3, -0.25) is 4.98 Å². The van der Waals surface area contributed by atoms with Crippen LogP contribution in [0.4, 0.5) is 0 Å². The minimum atomic E-state index is 0.485. The molecule has 2 unspecified atom stereocenters. The maximum atomic E-state index is 5.92. The van der Waals surface area contributed by atoms with Crippen molar-refractivity contribution < 1.29 is 0 Å². The first-order valence-corrected chi connectivity index (χ1v) is 6.70. The molecule has 1 saturated carbocycles. The second kappa shape index (κ2) is 5.18. The molecule has 1 aromatic rings. The van der Waals surface area contributed by atoms with Crippen LogP contribution in [-0.2, 0) is 6.42 Å². The standard InChI is InChI=1S/C15H24N2/c1-15(2)6-5-13(10-16)14(9-15)8-12-4-3-7-17-11-12/h3-4,7,11,13-14H,5-6,8-10,16H2,1-2H3. The van der Waals surface area contributed by atoms with Crippen LogP contribution >= 0.6 is 0 Å². The van der Waals surface area contributed by atoms with Crippen molar-refractivity contribution in [2.45, 2.75) is 39.5 Å². The van der Waals surface area contributed by atoms with Crippen LogP contribution in [0.1, 0.15) is 38.7 Å². The predicted molar refractivity (Wildman–Crippen MR) is 71.6 cm³/mol. The number of nitrogens with two attached hydrogens (primary N) is 1. The Hall–Kier alpha value is -0.890. The molecule has 2 rings (SSSR count). The van der Waals surface area contributed by atoms with Gasteiger partial charge in [0.2, 0.25) is 0 Å². The summed E-state index contributed by atoms with van der Waals surface area (Å²) in [6, 6.07) is 4.21. The van der Waals surface area contributed by atoms with E-state index in [-0.39, 0.29) is 0 Å². The first-order valence-electron chi connectivity index (χ1n) is 6.70. The van der Waals surface area contributed by atoms with Crippen molar-refractivity contribution >= 4 is 0 Å². The minimum Gasteiger partial charge on any atom is -0.330 e. The highest BCUT2D eigenvalue weighted by molar-refractivity contribution is 5.10. The van der Waals surface area contributed by atoms with Crippen molar-refractivity contribution in [3.63, 3.8) is 0 Å². The third-order valence-electron chi connectivity index (χ3n) is 4.20. The molecule has 0 amide bonds. The zero-order valence-corrected chi connectivity index (χ0v) is 11.0. The highest BCUT2D eigenvalue weighted by Gasteiger charge is 2.33.